The molecule has 1 saturated heterocycles. The standard InChI is InChI=1S/C37H31Cl2N3O2/c38-32-20-33(39)22-34(21-32)41-36(43)25-44-37(31-13-11-27(12-14-31)29-8-3-5-26(19-29)23-40)15-17-42(18-16-37)24-30-9-4-7-28-6-1-2-10-35(28)30/h1-14,19-22H,15-18,24-25H2,(H,41,43). The van der Waals surface area contributed by atoms with E-state index >= 15 is 0 Å². The van der Waals surface area contributed by atoms with Crippen molar-refractivity contribution in [3.8, 4) is 17.2 Å². The van der Waals surface area contributed by atoms with Crippen LogP contribution in [-0.2, 0) is 21.7 Å². The van der Waals surface area contributed by atoms with E-state index in [1.54, 1.807) is 24.3 Å². The number of fused-ring (bicyclic) bond motifs is 1. The second kappa shape index (κ2) is 13.2. The zero-order chi connectivity index (χ0) is 30.5. The molecule has 5 aromatic carbocycles. The predicted molar refractivity (Wildman–Crippen MR) is 178 cm³/mol. The first-order valence-electron chi connectivity index (χ1n) is 14.6. The third kappa shape index (κ3) is 6.80. The molecule has 6 rings (SSSR count). The van der Waals surface area contributed by atoms with Crippen LogP contribution < -0.4 is 5.32 Å². The summed E-state index contributed by atoms with van der Waals surface area (Å²) in [5.74, 6) is -0.272. The molecule has 0 unspecified atom stereocenters. The summed E-state index contributed by atoms with van der Waals surface area (Å²) in [5.41, 5.74) is 4.85. The fraction of sp³-hybridized carbons (Fsp3) is 0.189. The Balaban J connectivity index is 1.21. The van der Waals surface area contributed by atoms with Gasteiger partial charge in [-0.3, -0.25) is 9.69 Å². The predicted octanol–water partition coefficient (Wildman–Crippen LogP) is 8.83. The van der Waals surface area contributed by atoms with Crippen molar-refractivity contribution in [2.75, 3.05) is 25.0 Å². The van der Waals surface area contributed by atoms with Gasteiger partial charge >= 0.3 is 0 Å². The number of benzene rings is 5. The number of ether oxygens (including phenoxy) is 1. The highest BCUT2D eigenvalue weighted by Gasteiger charge is 2.38. The minimum atomic E-state index is -0.633. The molecular formula is C37H31Cl2N3O2. The molecule has 0 saturated carbocycles. The zero-order valence-electron chi connectivity index (χ0n) is 24.1. The highest BCUT2D eigenvalue weighted by atomic mass is 35.5. The summed E-state index contributed by atoms with van der Waals surface area (Å²) < 4.78 is 6.55. The lowest BCUT2D eigenvalue weighted by Gasteiger charge is -2.42. The first-order chi connectivity index (χ1) is 21.4. The van der Waals surface area contributed by atoms with Gasteiger partial charge in [0.25, 0.3) is 0 Å². The van der Waals surface area contributed by atoms with Crippen LogP contribution in [0.25, 0.3) is 21.9 Å². The van der Waals surface area contributed by atoms with Crippen LogP contribution in [0.5, 0.6) is 0 Å². The van der Waals surface area contributed by atoms with E-state index in [0.717, 1.165) is 49.2 Å². The number of hydrogen-bond acceptors (Lipinski definition) is 4. The van der Waals surface area contributed by atoms with Gasteiger partial charge in [-0.25, -0.2) is 0 Å². The first kappa shape index (κ1) is 29.9. The van der Waals surface area contributed by atoms with E-state index < -0.39 is 5.60 Å². The number of likely N-dealkylation sites (tertiary alicyclic amines) is 1. The maximum absolute atomic E-state index is 13.0. The summed E-state index contributed by atoms with van der Waals surface area (Å²) in [5, 5.41) is 15.6. The van der Waals surface area contributed by atoms with Crippen molar-refractivity contribution in [2.24, 2.45) is 0 Å². The van der Waals surface area contributed by atoms with E-state index in [1.807, 2.05) is 18.2 Å². The van der Waals surface area contributed by atoms with Crippen molar-refractivity contribution in [3.63, 3.8) is 0 Å². The number of piperidine rings is 1. The third-order valence-corrected chi connectivity index (χ3v) is 8.74. The number of hydrogen-bond donors (Lipinski definition) is 1. The molecule has 220 valence electrons. The zero-order valence-corrected chi connectivity index (χ0v) is 25.6. The quantitative estimate of drug-likeness (QED) is 0.188. The Morgan fingerprint density at radius 1 is 0.841 bits per heavy atom. The molecule has 1 aliphatic heterocycles. The maximum atomic E-state index is 13.0. The van der Waals surface area contributed by atoms with E-state index in [9.17, 15) is 10.1 Å². The summed E-state index contributed by atoms with van der Waals surface area (Å²) >= 11 is 12.2. The summed E-state index contributed by atoms with van der Waals surface area (Å²) in [4.78, 5) is 15.5. The van der Waals surface area contributed by atoms with Crippen molar-refractivity contribution in [1.82, 2.24) is 4.90 Å². The van der Waals surface area contributed by atoms with Crippen LogP contribution in [0.1, 0.15) is 29.5 Å². The van der Waals surface area contributed by atoms with Crippen LogP contribution in [0.15, 0.2) is 109 Å². The number of amides is 1. The van der Waals surface area contributed by atoms with Gasteiger partial charge < -0.3 is 10.1 Å². The molecule has 44 heavy (non-hydrogen) atoms. The molecule has 0 aromatic heterocycles. The van der Waals surface area contributed by atoms with Crippen molar-refractivity contribution >= 4 is 45.6 Å². The van der Waals surface area contributed by atoms with Crippen LogP contribution in [0.2, 0.25) is 10.0 Å². The van der Waals surface area contributed by atoms with Gasteiger partial charge in [-0.05, 0) is 76.2 Å². The van der Waals surface area contributed by atoms with E-state index in [4.69, 9.17) is 27.9 Å². The molecular weight excluding hydrogens is 589 g/mol. The Hall–Kier alpha value is -4.18. The summed E-state index contributed by atoms with van der Waals surface area (Å²) in [7, 11) is 0. The Morgan fingerprint density at radius 3 is 2.30 bits per heavy atom. The lowest BCUT2D eigenvalue weighted by atomic mass is 9.83. The van der Waals surface area contributed by atoms with Crippen LogP contribution in [0.4, 0.5) is 5.69 Å². The number of nitriles is 1. The number of anilines is 1. The Morgan fingerprint density at radius 2 is 1.55 bits per heavy atom. The molecule has 0 aliphatic carbocycles. The maximum Gasteiger partial charge on any atom is 0.250 e. The van der Waals surface area contributed by atoms with Gasteiger partial charge in [-0.1, -0.05) is 102 Å². The monoisotopic (exact) mass is 619 g/mol. The highest BCUT2D eigenvalue weighted by Crippen LogP contribution is 2.38. The second-order valence-electron chi connectivity index (χ2n) is 11.2. The summed E-state index contributed by atoms with van der Waals surface area (Å²) in [6.45, 7) is 2.38. The van der Waals surface area contributed by atoms with E-state index in [2.05, 4.69) is 83.0 Å². The van der Waals surface area contributed by atoms with Crippen molar-refractivity contribution in [2.45, 2.75) is 25.0 Å². The lowest BCUT2D eigenvalue weighted by Crippen LogP contribution is -2.45. The van der Waals surface area contributed by atoms with Gasteiger partial charge in [-0.15, -0.1) is 0 Å². The SMILES string of the molecule is N#Cc1cccc(-c2ccc(C3(OCC(=O)Nc4cc(Cl)cc(Cl)c4)CCN(Cc4cccc5ccccc45)CC3)cc2)c1. The fourth-order valence-electron chi connectivity index (χ4n) is 6.02. The van der Waals surface area contributed by atoms with Gasteiger partial charge in [0, 0.05) is 35.4 Å². The molecule has 0 spiro atoms. The van der Waals surface area contributed by atoms with Crippen molar-refractivity contribution in [1.29, 1.82) is 5.26 Å². The fourth-order valence-corrected chi connectivity index (χ4v) is 6.55. The second-order valence-corrected chi connectivity index (χ2v) is 12.0. The smallest absolute Gasteiger partial charge is 0.250 e. The average Bonchev–Trinajstić information content (AvgIpc) is 3.04. The topological polar surface area (TPSA) is 65.4 Å². The van der Waals surface area contributed by atoms with E-state index in [-0.39, 0.29) is 12.5 Å². The molecule has 5 aromatic rings. The Kier molecular flexibility index (Phi) is 8.97. The van der Waals surface area contributed by atoms with Crippen molar-refractivity contribution < 1.29 is 9.53 Å². The minimum absolute atomic E-state index is 0.112. The normalized spacial score (nSPS) is 14.7. The van der Waals surface area contributed by atoms with Crippen LogP contribution in [-0.4, -0.2) is 30.5 Å². The minimum Gasteiger partial charge on any atom is -0.360 e. The van der Waals surface area contributed by atoms with Crippen LogP contribution in [0.3, 0.4) is 0 Å². The summed E-state index contributed by atoms with van der Waals surface area (Å²) in [6.07, 6.45) is 1.47. The molecule has 1 aliphatic rings. The van der Waals surface area contributed by atoms with Gasteiger partial charge in [0.1, 0.15) is 6.61 Å². The molecule has 1 heterocycles. The van der Waals surface area contributed by atoms with Gasteiger partial charge in [0.2, 0.25) is 5.91 Å². The molecule has 1 N–H and O–H groups in total. The van der Waals surface area contributed by atoms with Gasteiger partial charge in [0.15, 0.2) is 0 Å². The van der Waals surface area contributed by atoms with Crippen LogP contribution in [0, 0.1) is 11.3 Å². The van der Waals surface area contributed by atoms with E-state index in [0.29, 0.717) is 21.3 Å². The van der Waals surface area contributed by atoms with Crippen LogP contribution >= 0.6 is 23.2 Å². The van der Waals surface area contributed by atoms with Gasteiger partial charge in [0.05, 0.1) is 17.2 Å². The molecule has 7 heteroatoms. The molecule has 0 bridgehead atoms. The van der Waals surface area contributed by atoms with Crippen molar-refractivity contribution in [3.05, 3.63) is 136 Å². The number of halogens is 2. The molecule has 5 nitrogen and oxygen atoms in total. The number of nitrogens with zero attached hydrogens (tertiary/aromatic N) is 2. The van der Waals surface area contributed by atoms with Gasteiger partial charge in [-0.2, -0.15) is 5.26 Å². The third-order valence-electron chi connectivity index (χ3n) is 8.30. The largest absolute Gasteiger partial charge is 0.360 e. The lowest BCUT2D eigenvalue weighted by molar-refractivity contribution is -0.135. The number of rotatable bonds is 8. The molecule has 0 radical (unpaired) electrons. The summed E-state index contributed by atoms with van der Waals surface area (Å²) in [6, 6.07) is 38.0. The average molecular weight is 621 g/mol. The highest BCUT2D eigenvalue weighted by molar-refractivity contribution is 6.35. The number of nitrogens with one attached hydrogen (secondary N) is 1. The molecule has 1 amide bonds. The molecule has 0 atom stereocenters. The van der Waals surface area contributed by atoms with E-state index in [1.165, 1.54) is 16.3 Å². The number of carbonyl (C=O) groups is 1. The Labute approximate surface area is 267 Å². The number of carbonyl (C=O) groups excluding carboxylic acids is 1. The molecule has 1 fully saturated rings. The first-order valence-corrected chi connectivity index (χ1v) is 15.4. The Bertz CT molecular complexity index is 1820.